The fraction of sp³-hybridized carbons (Fsp3) is 0.500. The van der Waals surface area contributed by atoms with Crippen molar-refractivity contribution in [3.63, 3.8) is 0 Å². The molecule has 0 spiro atoms. The number of aliphatic hydroxyl groups excluding tert-OH is 1. The van der Waals surface area contributed by atoms with E-state index in [1.54, 1.807) is 0 Å². The van der Waals surface area contributed by atoms with E-state index in [-0.39, 0.29) is 18.2 Å². The van der Waals surface area contributed by atoms with Crippen LogP contribution in [0.25, 0.3) is 0 Å². The number of H-pyrrole nitrogens is 1. The maximum Gasteiger partial charge on any atom is 0.255 e. The van der Waals surface area contributed by atoms with Crippen LogP contribution in [0.2, 0.25) is 0 Å². The fourth-order valence-corrected chi connectivity index (χ4v) is 1.75. The van der Waals surface area contributed by atoms with Gasteiger partial charge in [-0.2, -0.15) is 0 Å². The van der Waals surface area contributed by atoms with E-state index in [9.17, 15) is 13.2 Å². The molecule has 6 nitrogen and oxygen atoms in total. The number of aromatic amines is 1. The molecule has 0 fully saturated rings. The standard InChI is InChI=1S/C8H12N2O4S/c1-5-6(3-4-11)7(12)10-8(9-5)15(2,13)14/h11H,3-4H2,1-2H3,(H,9,10,12). The van der Waals surface area contributed by atoms with Crippen LogP contribution in [-0.2, 0) is 16.3 Å². The molecular weight excluding hydrogens is 220 g/mol. The number of nitrogens with one attached hydrogen (secondary N) is 1. The molecule has 0 aliphatic heterocycles. The molecule has 0 saturated carbocycles. The lowest BCUT2D eigenvalue weighted by atomic mass is 10.2. The van der Waals surface area contributed by atoms with E-state index in [2.05, 4.69) is 9.97 Å². The van der Waals surface area contributed by atoms with Gasteiger partial charge in [0, 0.05) is 30.5 Å². The number of aryl methyl sites for hydroxylation is 1. The molecule has 0 bridgehead atoms. The summed E-state index contributed by atoms with van der Waals surface area (Å²) in [6.07, 6.45) is 1.13. The molecular formula is C8H12N2O4S. The van der Waals surface area contributed by atoms with Crippen LogP contribution in [0.1, 0.15) is 11.3 Å². The Labute approximate surface area is 86.9 Å². The van der Waals surface area contributed by atoms with Crippen LogP contribution in [0.5, 0.6) is 0 Å². The van der Waals surface area contributed by atoms with Gasteiger partial charge in [0.2, 0.25) is 15.0 Å². The Hall–Kier alpha value is -1.21. The van der Waals surface area contributed by atoms with E-state index in [0.717, 1.165) is 6.26 Å². The van der Waals surface area contributed by atoms with E-state index in [1.165, 1.54) is 6.92 Å². The van der Waals surface area contributed by atoms with Crippen molar-refractivity contribution < 1.29 is 13.5 Å². The molecule has 1 rings (SSSR count). The highest BCUT2D eigenvalue weighted by Gasteiger charge is 2.14. The largest absolute Gasteiger partial charge is 0.396 e. The lowest BCUT2D eigenvalue weighted by molar-refractivity contribution is 0.298. The van der Waals surface area contributed by atoms with Gasteiger partial charge in [-0.25, -0.2) is 13.4 Å². The van der Waals surface area contributed by atoms with Crippen molar-refractivity contribution in [1.29, 1.82) is 0 Å². The highest BCUT2D eigenvalue weighted by molar-refractivity contribution is 7.90. The summed E-state index contributed by atoms with van der Waals surface area (Å²) in [7, 11) is -3.51. The third kappa shape index (κ3) is 2.63. The van der Waals surface area contributed by atoms with Crippen molar-refractivity contribution in [2.75, 3.05) is 12.9 Å². The van der Waals surface area contributed by atoms with E-state index in [4.69, 9.17) is 5.11 Å². The van der Waals surface area contributed by atoms with Crippen LogP contribution in [0.15, 0.2) is 9.95 Å². The number of rotatable bonds is 3. The van der Waals surface area contributed by atoms with Crippen molar-refractivity contribution in [2.45, 2.75) is 18.5 Å². The fourth-order valence-electron chi connectivity index (χ4n) is 1.17. The molecule has 84 valence electrons. The highest BCUT2D eigenvalue weighted by Crippen LogP contribution is 2.03. The topological polar surface area (TPSA) is 100 Å². The van der Waals surface area contributed by atoms with E-state index < -0.39 is 15.4 Å². The quantitative estimate of drug-likeness (QED) is 0.652. The number of hydrogen-bond donors (Lipinski definition) is 2. The van der Waals surface area contributed by atoms with Gasteiger partial charge in [-0.05, 0) is 6.92 Å². The van der Waals surface area contributed by atoms with Crippen molar-refractivity contribution in [2.24, 2.45) is 0 Å². The molecule has 0 amide bonds. The first-order chi connectivity index (χ1) is 6.86. The molecule has 0 aromatic carbocycles. The first-order valence-electron chi connectivity index (χ1n) is 4.27. The van der Waals surface area contributed by atoms with Gasteiger partial charge in [0.05, 0.1) is 0 Å². The van der Waals surface area contributed by atoms with Gasteiger partial charge in [0.1, 0.15) is 0 Å². The van der Waals surface area contributed by atoms with Gasteiger partial charge in [-0.1, -0.05) is 0 Å². The third-order valence-electron chi connectivity index (χ3n) is 1.91. The van der Waals surface area contributed by atoms with Gasteiger partial charge in [-0.3, -0.25) is 9.78 Å². The Balaban J connectivity index is 3.39. The molecule has 0 unspecified atom stereocenters. The van der Waals surface area contributed by atoms with Crippen LogP contribution < -0.4 is 5.56 Å². The normalized spacial score (nSPS) is 11.7. The molecule has 1 aromatic heterocycles. The molecule has 1 aromatic rings. The van der Waals surface area contributed by atoms with Crippen LogP contribution in [0.4, 0.5) is 0 Å². The average molecular weight is 232 g/mol. The minimum atomic E-state index is -3.51. The summed E-state index contributed by atoms with van der Waals surface area (Å²) in [4.78, 5) is 17.4. The van der Waals surface area contributed by atoms with Crippen molar-refractivity contribution >= 4 is 9.84 Å². The highest BCUT2D eigenvalue weighted by atomic mass is 32.2. The molecule has 7 heteroatoms. The molecule has 0 aliphatic rings. The third-order valence-corrected chi connectivity index (χ3v) is 2.81. The monoisotopic (exact) mass is 232 g/mol. The maximum atomic E-state index is 11.4. The minimum Gasteiger partial charge on any atom is -0.396 e. The number of sulfone groups is 1. The predicted octanol–water partition coefficient (Wildman–Crippen LogP) is -0.983. The number of hydrogen-bond acceptors (Lipinski definition) is 5. The van der Waals surface area contributed by atoms with Crippen LogP contribution >= 0.6 is 0 Å². The molecule has 0 radical (unpaired) electrons. The smallest absolute Gasteiger partial charge is 0.255 e. The van der Waals surface area contributed by atoms with Crippen LogP contribution in [-0.4, -0.2) is 36.4 Å². The Morgan fingerprint density at radius 3 is 2.47 bits per heavy atom. The first kappa shape index (κ1) is 11.9. The zero-order valence-corrected chi connectivity index (χ0v) is 9.26. The van der Waals surface area contributed by atoms with Crippen LogP contribution in [0, 0.1) is 6.92 Å². The predicted molar refractivity (Wildman–Crippen MR) is 53.5 cm³/mol. The lowest BCUT2D eigenvalue weighted by Crippen LogP contribution is -2.21. The zero-order valence-electron chi connectivity index (χ0n) is 8.44. The van der Waals surface area contributed by atoms with E-state index in [1.807, 2.05) is 0 Å². The van der Waals surface area contributed by atoms with Crippen molar-refractivity contribution in [1.82, 2.24) is 9.97 Å². The average Bonchev–Trinajstić information content (AvgIpc) is 2.09. The summed E-state index contributed by atoms with van der Waals surface area (Å²) in [5, 5.41) is 8.36. The molecule has 1 heterocycles. The summed E-state index contributed by atoms with van der Waals surface area (Å²) < 4.78 is 22.2. The molecule has 0 saturated heterocycles. The molecule has 15 heavy (non-hydrogen) atoms. The lowest BCUT2D eigenvalue weighted by Gasteiger charge is -2.04. The number of aliphatic hydroxyl groups is 1. The SMILES string of the molecule is Cc1nc(S(C)(=O)=O)[nH]c(=O)c1CCO. The second-order valence-corrected chi connectivity index (χ2v) is 5.11. The summed E-state index contributed by atoms with van der Waals surface area (Å²) in [6, 6.07) is 0. The van der Waals surface area contributed by atoms with Gasteiger partial charge in [-0.15, -0.1) is 0 Å². The molecule has 2 N–H and O–H groups in total. The Morgan fingerprint density at radius 1 is 1.47 bits per heavy atom. The summed E-state index contributed by atoms with van der Waals surface area (Å²) >= 11 is 0. The second-order valence-electron chi connectivity index (χ2n) is 3.18. The van der Waals surface area contributed by atoms with E-state index >= 15 is 0 Å². The summed E-state index contributed by atoms with van der Waals surface area (Å²) in [6.45, 7) is 1.36. The summed E-state index contributed by atoms with van der Waals surface area (Å²) in [5.74, 6) is 0. The number of nitrogens with zero attached hydrogens (tertiary/aromatic N) is 1. The van der Waals surface area contributed by atoms with E-state index in [0.29, 0.717) is 11.3 Å². The Kier molecular flexibility index (Phi) is 3.25. The van der Waals surface area contributed by atoms with Gasteiger partial charge in [0.15, 0.2) is 0 Å². The van der Waals surface area contributed by atoms with Crippen molar-refractivity contribution in [3.05, 3.63) is 21.6 Å². The zero-order chi connectivity index (χ0) is 11.6. The van der Waals surface area contributed by atoms with Crippen LogP contribution in [0.3, 0.4) is 0 Å². The minimum absolute atomic E-state index is 0.165. The second kappa shape index (κ2) is 4.11. The van der Waals surface area contributed by atoms with Gasteiger partial charge >= 0.3 is 0 Å². The van der Waals surface area contributed by atoms with Gasteiger partial charge < -0.3 is 5.11 Å². The van der Waals surface area contributed by atoms with Crippen molar-refractivity contribution in [3.8, 4) is 0 Å². The Bertz CT molecular complexity index is 518. The first-order valence-corrected chi connectivity index (χ1v) is 6.16. The van der Waals surface area contributed by atoms with Gasteiger partial charge in [0.25, 0.3) is 5.56 Å². The Morgan fingerprint density at radius 2 is 2.07 bits per heavy atom. The number of aromatic nitrogens is 2. The maximum absolute atomic E-state index is 11.4. The molecule has 0 aliphatic carbocycles. The molecule has 0 atom stereocenters. The summed E-state index contributed by atoms with van der Waals surface area (Å²) in [5.41, 5.74) is 0.120.